The number of hydrogen-bond donors (Lipinski definition) is 1. The van der Waals surface area contributed by atoms with Crippen LogP contribution in [0.15, 0.2) is 6.20 Å². The average Bonchev–Trinajstić information content (AvgIpc) is 2.67. The van der Waals surface area contributed by atoms with Gasteiger partial charge in [0.25, 0.3) is 0 Å². The largest absolute Gasteiger partial charge is 0.481 e. The predicted octanol–water partition coefficient (Wildman–Crippen LogP) is 2.20. The van der Waals surface area contributed by atoms with Gasteiger partial charge >= 0.3 is 5.97 Å². The third-order valence-electron chi connectivity index (χ3n) is 2.62. The molecular formula is C10H12N2O2S. The van der Waals surface area contributed by atoms with E-state index in [1.54, 1.807) is 6.92 Å². The number of imidazole rings is 1. The van der Waals surface area contributed by atoms with Gasteiger partial charge in [0, 0.05) is 16.8 Å². The van der Waals surface area contributed by atoms with Crippen molar-refractivity contribution in [3.8, 4) is 0 Å². The van der Waals surface area contributed by atoms with E-state index < -0.39 is 11.9 Å². The number of hydrogen-bond acceptors (Lipinski definition) is 3. The summed E-state index contributed by atoms with van der Waals surface area (Å²) in [6.07, 6.45) is 1.87. The lowest BCUT2D eigenvalue weighted by molar-refractivity contribution is -0.138. The number of nitrogens with zero attached hydrogens (tertiary/aromatic N) is 2. The van der Waals surface area contributed by atoms with Crippen LogP contribution in [0, 0.1) is 13.8 Å². The second-order valence-electron chi connectivity index (χ2n) is 3.63. The molecule has 0 amide bonds. The first-order chi connectivity index (χ1) is 7.00. The Morgan fingerprint density at radius 1 is 1.60 bits per heavy atom. The highest BCUT2D eigenvalue weighted by Gasteiger charge is 2.18. The van der Waals surface area contributed by atoms with Crippen LogP contribution in [0.4, 0.5) is 0 Å². The SMILES string of the molecule is Cc1nc2sc(C(C)C(=O)O)cn2c1C. The molecule has 0 fully saturated rings. The lowest BCUT2D eigenvalue weighted by Crippen LogP contribution is -2.05. The molecule has 80 valence electrons. The number of thiazole rings is 1. The minimum Gasteiger partial charge on any atom is -0.481 e. The van der Waals surface area contributed by atoms with E-state index in [0.717, 1.165) is 21.2 Å². The molecule has 0 aliphatic heterocycles. The normalized spacial score (nSPS) is 13.3. The first-order valence-corrected chi connectivity index (χ1v) is 5.50. The van der Waals surface area contributed by atoms with Crippen molar-refractivity contribution in [2.24, 2.45) is 0 Å². The number of rotatable bonds is 2. The van der Waals surface area contributed by atoms with Crippen molar-refractivity contribution < 1.29 is 9.90 Å². The van der Waals surface area contributed by atoms with E-state index in [2.05, 4.69) is 4.98 Å². The lowest BCUT2D eigenvalue weighted by atomic mass is 10.1. The molecule has 0 bridgehead atoms. The molecule has 0 spiro atoms. The monoisotopic (exact) mass is 224 g/mol. The topological polar surface area (TPSA) is 54.6 Å². The molecule has 1 unspecified atom stereocenters. The van der Waals surface area contributed by atoms with E-state index in [1.807, 2.05) is 24.4 Å². The molecule has 0 saturated carbocycles. The Hall–Kier alpha value is -1.36. The van der Waals surface area contributed by atoms with Crippen LogP contribution in [0.1, 0.15) is 29.1 Å². The Bertz CT molecular complexity index is 527. The number of aliphatic carboxylic acids is 1. The van der Waals surface area contributed by atoms with E-state index >= 15 is 0 Å². The minimum atomic E-state index is -0.797. The molecular weight excluding hydrogens is 212 g/mol. The van der Waals surface area contributed by atoms with Gasteiger partial charge in [0.2, 0.25) is 0 Å². The molecule has 1 N–H and O–H groups in total. The molecule has 2 rings (SSSR count). The van der Waals surface area contributed by atoms with E-state index in [0.29, 0.717) is 0 Å². The lowest BCUT2D eigenvalue weighted by Gasteiger charge is -2.00. The molecule has 0 aliphatic rings. The summed E-state index contributed by atoms with van der Waals surface area (Å²) < 4.78 is 1.95. The molecule has 0 aliphatic carbocycles. The van der Waals surface area contributed by atoms with Gasteiger partial charge in [0.05, 0.1) is 11.6 Å². The molecule has 2 aromatic heterocycles. The smallest absolute Gasteiger partial charge is 0.311 e. The molecule has 0 radical (unpaired) electrons. The number of aryl methyl sites for hydroxylation is 2. The van der Waals surface area contributed by atoms with E-state index in [1.165, 1.54) is 11.3 Å². The summed E-state index contributed by atoms with van der Waals surface area (Å²) in [5.74, 6) is -1.26. The van der Waals surface area contributed by atoms with Gasteiger partial charge < -0.3 is 5.11 Å². The summed E-state index contributed by atoms with van der Waals surface area (Å²) in [4.78, 5) is 16.9. The predicted molar refractivity (Wildman–Crippen MR) is 58.6 cm³/mol. The van der Waals surface area contributed by atoms with Crippen LogP contribution >= 0.6 is 11.3 Å². The van der Waals surface area contributed by atoms with Crippen LogP contribution in [0.3, 0.4) is 0 Å². The molecule has 1 atom stereocenters. The van der Waals surface area contributed by atoms with Crippen LogP contribution in [0.5, 0.6) is 0 Å². The third kappa shape index (κ3) is 1.52. The van der Waals surface area contributed by atoms with Gasteiger partial charge in [-0.3, -0.25) is 9.20 Å². The Labute approximate surface area is 91.2 Å². The molecule has 0 aromatic carbocycles. The summed E-state index contributed by atoms with van der Waals surface area (Å²) in [6.45, 7) is 5.63. The Kier molecular flexibility index (Phi) is 2.26. The number of carbonyl (C=O) groups is 1. The zero-order chi connectivity index (χ0) is 11.2. The van der Waals surface area contributed by atoms with Crippen molar-refractivity contribution in [1.29, 1.82) is 0 Å². The van der Waals surface area contributed by atoms with Crippen molar-refractivity contribution in [2.45, 2.75) is 26.7 Å². The molecule has 2 heterocycles. The molecule has 0 saturated heterocycles. The van der Waals surface area contributed by atoms with Crippen LogP contribution in [-0.2, 0) is 4.79 Å². The van der Waals surface area contributed by atoms with Gasteiger partial charge in [0.1, 0.15) is 0 Å². The second kappa shape index (κ2) is 3.34. The highest BCUT2D eigenvalue weighted by Crippen LogP contribution is 2.26. The fourth-order valence-corrected chi connectivity index (χ4v) is 2.52. The Morgan fingerprint density at radius 2 is 2.27 bits per heavy atom. The molecule has 15 heavy (non-hydrogen) atoms. The summed E-state index contributed by atoms with van der Waals surface area (Å²) in [7, 11) is 0. The number of fused-ring (bicyclic) bond motifs is 1. The van der Waals surface area contributed by atoms with E-state index in [4.69, 9.17) is 5.11 Å². The van der Waals surface area contributed by atoms with Crippen molar-refractivity contribution in [3.63, 3.8) is 0 Å². The van der Waals surface area contributed by atoms with Crippen molar-refractivity contribution in [2.75, 3.05) is 0 Å². The van der Waals surface area contributed by atoms with Crippen molar-refractivity contribution >= 4 is 22.3 Å². The van der Waals surface area contributed by atoms with Crippen LogP contribution in [-0.4, -0.2) is 20.5 Å². The minimum absolute atomic E-state index is 0.462. The Morgan fingerprint density at radius 3 is 2.80 bits per heavy atom. The second-order valence-corrected chi connectivity index (χ2v) is 4.67. The van der Waals surface area contributed by atoms with E-state index in [9.17, 15) is 4.79 Å². The maximum absolute atomic E-state index is 10.8. The first kappa shape index (κ1) is 10.2. The van der Waals surface area contributed by atoms with Gasteiger partial charge in [-0.05, 0) is 20.8 Å². The summed E-state index contributed by atoms with van der Waals surface area (Å²) in [6, 6.07) is 0. The van der Waals surface area contributed by atoms with Crippen LogP contribution in [0.2, 0.25) is 0 Å². The highest BCUT2D eigenvalue weighted by molar-refractivity contribution is 7.17. The van der Waals surface area contributed by atoms with Gasteiger partial charge in [-0.1, -0.05) is 0 Å². The number of carboxylic acids is 1. The first-order valence-electron chi connectivity index (χ1n) is 4.68. The van der Waals surface area contributed by atoms with Gasteiger partial charge in [-0.15, -0.1) is 11.3 Å². The molecule has 4 nitrogen and oxygen atoms in total. The van der Waals surface area contributed by atoms with Crippen LogP contribution < -0.4 is 0 Å². The van der Waals surface area contributed by atoms with Crippen molar-refractivity contribution in [3.05, 3.63) is 22.5 Å². The summed E-state index contributed by atoms with van der Waals surface area (Å²) in [5.41, 5.74) is 2.07. The fraction of sp³-hybridized carbons (Fsp3) is 0.400. The molecule has 5 heteroatoms. The molecule has 2 aromatic rings. The summed E-state index contributed by atoms with van der Waals surface area (Å²) in [5, 5.41) is 8.90. The van der Waals surface area contributed by atoms with Gasteiger partial charge in [-0.2, -0.15) is 0 Å². The zero-order valence-electron chi connectivity index (χ0n) is 8.81. The van der Waals surface area contributed by atoms with Gasteiger partial charge in [0.15, 0.2) is 4.96 Å². The van der Waals surface area contributed by atoms with E-state index in [-0.39, 0.29) is 0 Å². The third-order valence-corrected chi connectivity index (χ3v) is 3.78. The van der Waals surface area contributed by atoms with Gasteiger partial charge in [-0.25, -0.2) is 4.98 Å². The Balaban J connectivity index is 2.53. The highest BCUT2D eigenvalue weighted by atomic mass is 32.1. The van der Waals surface area contributed by atoms with Crippen LogP contribution in [0.25, 0.3) is 4.96 Å². The fourth-order valence-electron chi connectivity index (χ4n) is 1.40. The quantitative estimate of drug-likeness (QED) is 0.850. The number of carboxylic acid groups (broad SMARTS) is 1. The number of aromatic nitrogens is 2. The zero-order valence-corrected chi connectivity index (χ0v) is 9.63. The standard InChI is InChI=1S/C10H12N2O2S/c1-5(9(13)14)8-4-12-7(3)6(2)11-10(12)15-8/h4-5H,1-3H3,(H,13,14). The average molecular weight is 224 g/mol. The van der Waals surface area contributed by atoms with Crippen molar-refractivity contribution in [1.82, 2.24) is 9.38 Å². The maximum Gasteiger partial charge on any atom is 0.311 e. The maximum atomic E-state index is 10.8. The summed E-state index contributed by atoms with van der Waals surface area (Å²) >= 11 is 1.44.